The molecule has 2 heterocycles. The van der Waals surface area contributed by atoms with Crippen LogP contribution in [0.15, 0.2) is 42.5 Å². The highest BCUT2D eigenvalue weighted by Gasteiger charge is 2.13. The van der Waals surface area contributed by atoms with Crippen molar-refractivity contribution in [2.45, 2.75) is 6.42 Å². The summed E-state index contributed by atoms with van der Waals surface area (Å²) in [5.41, 5.74) is 4.43. The lowest BCUT2D eigenvalue weighted by Crippen LogP contribution is -1.99. The van der Waals surface area contributed by atoms with Crippen LogP contribution >= 0.6 is 0 Å². The van der Waals surface area contributed by atoms with Crippen LogP contribution in [0.2, 0.25) is 0 Å². The number of ether oxygens (including phenoxy) is 1. The quantitative estimate of drug-likeness (QED) is 0.773. The van der Waals surface area contributed by atoms with E-state index in [4.69, 9.17) is 4.74 Å². The molecule has 0 radical (unpaired) electrons. The third-order valence-electron chi connectivity index (χ3n) is 3.73. The SMILES string of the molecule is Cn1c(Nc2ccc3c(c2)CCO3)nc2ccccc21. The van der Waals surface area contributed by atoms with E-state index in [0.717, 1.165) is 41.4 Å². The second kappa shape index (κ2) is 4.27. The Kier molecular flexibility index (Phi) is 2.42. The standard InChI is InChI=1S/C16H15N3O/c1-19-14-5-3-2-4-13(14)18-16(19)17-12-6-7-15-11(10-12)8-9-20-15/h2-7,10H,8-9H2,1H3,(H,17,18). The molecule has 0 atom stereocenters. The van der Waals surface area contributed by atoms with E-state index in [-0.39, 0.29) is 0 Å². The van der Waals surface area contributed by atoms with Gasteiger partial charge in [-0.1, -0.05) is 12.1 Å². The summed E-state index contributed by atoms with van der Waals surface area (Å²) in [5, 5.41) is 3.39. The maximum Gasteiger partial charge on any atom is 0.208 e. The van der Waals surface area contributed by atoms with E-state index in [1.807, 2.05) is 37.4 Å². The van der Waals surface area contributed by atoms with E-state index in [1.54, 1.807) is 0 Å². The third-order valence-corrected chi connectivity index (χ3v) is 3.73. The van der Waals surface area contributed by atoms with E-state index >= 15 is 0 Å². The molecule has 0 spiro atoms. The van der Waals surface area contributed by atoms with Crippen LogP contribution < -0.4 is 10.1 Å². The highest BCUT2D eigenvalue weighted by molar-refractivity contribution is 5.79. The highest BCUT2D eigenvalue weighted by Crippen LogP contribution is 2.29. The van der Waals surface area contributed by atoms with Crippen LogP contribution in [0.25, 0.3) is 11.0 Å². The summed E-state index contributed by atoms with van der Waals surface area (Å²) in [6, 6.07) is 14.3. The molecular formula is C16H15N3O. The molecular weight excluding hydrogens is 250 g/mol. The average Bonchev–Trinajstić information content (AvgIpc) is 3.05. The number of anilines is 2. The van der Waals surface area contributed by atoms with Crippen LogP contribution in [-0.4, -0.2) is 16.2 Å². The average molecular weight is 265 g/mol. The van der Waals surface area contributed by atoms with Gasteiger partial charge in [-0.15, -0.1) is 0 Å². The molecule has 0 bridgehead atoms. The summed E-state index contributed by atoms with van der Waals surface area (Å²) < 4.78 is 7.60. The maximum absolute atomic E-state index is 5.53. The lowest BCUT2D eigenvalue weighted by molar-refractivity contribution is 0.357. The number of hydrogen-bond acceptors (Lipinski definition) is 3. The number of rotatable bonds is 2. The lowest BCUT2D eigenvalue weighted by Gasteiger charge is -2.07. The Balaban J connectivity index is 1.72. The molecule has 4 rings (SSSR count). The summed E-state index contributed by atoms with van der Waals surface area (Å²) in [4.78, 5) is 4.62. The number of nitrogens with zero attached hydrogens (tertiary/aromatic N) is 2. The molecule has 1 aliphatic rings. The fraction of sp³-hybridized carbons (Fsp3) is 0.188. The van der Waals surface area contributed by atoms with Crippen molar-refractivity contribution >= 4 is 22.7 Å². The molecule has 2 aromatic carbocycles. The first-order valence-electron chi connectivity index (χ1n) is 6.75. The topological polar surface area (TPSA) is 39.1 Å². The zero-order chi connectivity index (χ0) is 13.5. The monoisotopic (exact) mass is 265 g/mol. The molecule has 0 saturated carbocycles. The van der Waals surface area contributed by atoms with Crippen molar-refractivity contribution in [3.8, 4) is 5.75 Å². The summed E-state index contributed by atoms with van der Waals surface area (Å²) >= 11 is 0. The van der Waals surface area contributed by atoms with Gasteiger partial charge in [-0.3, -0.25) is 0 Å². The predicted octanol–water partition coefficient (Wildman–Crippen LogP) is 3.25. The number of para-hydroxylation sites is 2. The fourth-order valence-electron chi connectivity index (χ4n) is 2.65. The Hall–Kier alpha value is -2.49. The molecule has 1 aliphatic heterocycles. The third kappa shape index (κ3) is 1.72. The van der Waals surface area contributed by atoms with Crippen molar-refractivity contribution in [2.75, 3.05) is 11.9 Å². The molecule has 0 saturated heterocycles. The predicted molar refractivity (Wildman–Crippen MR) is 79.6 cm³/mol. The van der Waals surface area contributed by atoms with Crippen LogP contribution in [0.5, 0.6) is 5.75 Å². The van der Waals surface area contributed by atoms with Gasteiger partial charge in [0.2, 0.25) is 5.95 Å². The summed E-state index contributed by atoms with van der Waals surface area (Å²) in [7, 11) is 2.02. The van der Waals surface area contributed by atoms with Crippen molar-refractivity contribution in [1.82, 2.24) is 9.55 Å². The van der Waals surface area contributed by atoms with Gasteiger partial charge in [-0.2, -0.15) is 0 Å². The van der Waals surface area contributed by atoms with Crippen LogP contribution in [0.3, 0.4) is 0 Å². The van der Waals surface area contributed by atoms with Gasteiger partial charge in [0.1, 0.15) is 5.75 Å². The van der Waals surface area contributed by atoms with Crippen LogP contribution in [-0.2, 0) is 13.5 Å². The van der Waals surface area contributed by atoms with Gasteiger partial charge in [0.25, 0.3) is 0 Å². The van der Waals surface area contributed by atoms with E-state index in [0.29, 0.717) is 0 Å². The number of fused-ring (bicyclic) bond motifs is 2. The number of hydrogen-bond donors (Lipinski definition) is 1. The minimum absolute atomic E-state index is 0.783. The van der Waals surface area contributed by atoms with Gasteiger partial charge in [-0.05, 0) is 35.9 Å². The number of aryl methyl sites for hydroxylation is 1. The van der Waals surface area contributed by atoms with Crippen molar-refractivity contribution < 1.29 is 4.74 Å². The van der Waals surface area contributed by atoms with E-state index in [9.17, 15) is 0 Å². The van der Waals surface area contributed by atoms with Crippen LogP contribution in [0.4, 0.5) is 11.6 Å². The Morgan fingerprint density at radius 3 is 3.00 bits per heavy atom. The molecule has 100 valence electrons. The molecule has 0 fully saturated rings. The van der Waals surface area contributed by atoms with Gasteiger partial charge in [-0.25, -0.2) is 4.98 Å². The molecule has 0 unspecified atom stereocenters. The van der Waals surface area contributed by atoms with E-state index < -0.39 is 0 Å². The van der Waals surface area contributed by atoms with Crippen LogP contribution in [0.1, 0.15) is 5.56 Å². The largest absolute Gasteiger partial charge is 0.493 e. The number of aromatic nitrogens is 2. The molecule has 1 aromatic heterocycles. The second-order valence-electron chi connectivity index (χ2n) is 5.03. The van der Waals surface area contributed by atoms with Gasteiger partial charge in [0.05, 0.1) is 17.6 Å². The minimum Gasteiger partial charge on any atom is -0.493 e. The van der Waals surface area contributed by atoms with E-state index in [1.165, 1.54) is 5.56 Å². The summed E-state index contributed by atoms with van der Waals surface area (Å²) in [5.74, 6) is 1.85. The van der Waals surface area contributed by atoms with Gasteiger partial charge in [0.15, 0.2) is 0 Å². The lowest BCUT2D eigenvalue weighted by atomic mass is 10.1. The molecule has 4 nitrogen and oxygen atoms in total. The van der Waals surface area contributed by atoms with Crippen LogP contribution in [0, 0.1) is 0 Å². The zero-order valence-electron chi connectivity index (χ0n) is 11.3. The molecule has 0 amide bonds. The van der Waals surface area contributed by atoms with Gasteiger partial charge >= 0.3 is 0 Å². The van der Waals surface area contributed by atoms with E-state index in [2.05, 4.69) is 27.0 Å². The first-order chi connectivity index (χ1) is 9.81. The normalized spacial score (nSPS) is 13.2. The highest BCUT2D eigenvalue weighted by atomic mass is 16.5. The molecule has 3 aromatic rings. The Bertz CT molecular complexity index is 792. The van der Waals surface area contributed by atoms with Crippen molar-refractivity contribution in [3.05, 3.63) is 48.0 Å². The first kappa shape index (κ1) is 11.3. The Morgan fingerprint density at radius 1 is 1.20 bits per heavy atom. The second-order valence-corrected chi connectivity index (χ2v) is 5.03. The molecule has 1 N–H and O–H groups in total. The van der Waals surface area contributed by atoms with Gasteiger partial charge < -0.3 is 14.6 Å². The Labute approximate surface area is 117 Å². The van der Waals surface area contributed by atoms with Crippen molar-refractivity contribution in [3.63, 3.8) is 0 Å². The minimum atomic E-state index is 0.783. The zero-order valence-corrected chi connectivity index (χ0v) is 11.3. The first-order valence-corrected chi connectivity index (χ1v) is 6.75. The number of benzene rings is 2. The summed E-state index contributed by atoms with van der Waals surface area (Å²) in [6.07, 6.45) is 0.980. The number of imidazole rings is 1. The van der Waals surface area contributed by atoms with Crippen molar-refractivity contribution in [1.29, 1.82) is 0 Å². The smallest absolute Gasteiger partial charge is 0.208 e. The molecule has 20 heavy (non-hydrogen) atoms. The summed E-state index contributed by atoms with van der Waals surface area (Å²) in [6.45, 7) is 0.783. The Morgan fingerprint density at radius 2 is 2.10 bits per heavy atom. The number of nitrogens with one attached hydrogen (secondary N) is 1. The van der Waals surface area contributed by atoms with Crippen molar-refractivity contribution in [2.24, 2.45) is 7.05 Å². The molecule has 0 aliphatic carbocycles. The van der Waals surface area contributed by atoms with Gasteiger partial charge in [0, 0.05) is 19.2 Å². The maximum atomic E-state index is 5.53. The fourth-order valence-corrected chi connectivity index (χ4v) is 2.65. The molecule has 4 heteroatoms.